The average molecular weight is 497 g/mol. The molecule has 3 N–H and O–H groups in total. The summed E-state index contributed by atoms with van der Waals surface area (Å²) in [7, 11) is -2.36. The molecular weight excluding hydrogens is 476 g/mol. The van der Waals surface area contributed by atoms with E-state index in [1.165, 1.54) is 17.9 Å². The number of nitrogens with zero attached hydrogens (tertiary/aromatic N) is 2. The number of rotatable bonds is 6. The van der Waals surface area contributed by atoms with Gasteiger partial charge in [-0.15, -0.1) is 0 Å². The molecule has 0 radical (unpaired) electrons. The fourth-order valence-corrected chi connectivity index (χ4v) is 4.54. The van der Waals surface area contributed by atoms with Crippen LogP contribution in [-0.4, -0.2) is 31.2 Å². The van der Waals surface area contributed by atoms with Gasteiger partial charge in [-0.05, 0) is 55.0 Å². The molecule has 1 amide bonds. The van der Waals surface area contributed by atoms with Crippen LogP contribution >= 0.6 is 11.6 Å². The lowest BCUT2D eigenvalue weighted by molar-refractivity contribution is 0.101. The number of nitrogens with two attached hydrogens (primary N) is 1. The fraction of sp³-hybridized carbons (Fsp3) is 0.0833. The van der Waals surface area contributed by atoms with E-state index in [1.807, 2.05) is 0 Å². The summed E-state index contributed by atoms with van der Waals surface area (Å²) in [5.41, 5.74) is 3.25. The number of benzene rings is 3. The van der Waals surface area contributed by atoms with Gasteiger partial charge in [0.05, 0.1) is 28.4 Å². The Hall–Kier alpha value is -3.66. The fourth-order valence-electron chi connectivity index (χ4n) is 3.53. The maximum atomic E-state index is 13.0. The van der Waals surface area contributed by atoms with Crippen LogP contribution in [0.15, 0.2) is 77.7 Å². The number of primary sulfonamides is 1. The van der Waals surface area contributed by atoms with Gasteiger partial charge in [0.1, 0.15) is 11.4 Å². The largest absolute Gasteiger partial charge is 0.495 e. The van der Waals surface area contributed by atoms with Crippen LogP contribution in [-0.2, 0) is 10.0 Å². The number of aryl methyl sites for hydroxylation is 1. The Bertz CT molecular complexity index is 1480. The molecule has 0 bridgehead atoms. The number of ether oxygens (including phenoxy) is 1. The van der Waals surface area contributed by atoms with E-state index in [2.05, 4.69) is 10.4 Å². The number of halogens is 1. The first kappa shape index (κ1) is 23.5. The second-order valence-corrected chi connectivity index (χ2v) is 9.41. The number of carbonyl (C=O) groups excluding carboxylic acids is 1. The van der Waals surface area contributed by atoms with Crippen molar-refractivity contribution < 1.29 is 17.9 Å². The maximum Gasteiger partial charge on any atom is 0.274 e. The van der Waals surface area contributed by atoms with Gasteiger partial charge >= 0.3 is 0 Å². The lowest BCUT2D eigenvalue weighted by atomic mass is 10.1. The van der Waals surface area contributed by atoms with Gasteiger partial charge in [0, 0.05) is 11.3 Å². The van der Waals surface area contributed by atoms with E-state index in [9.17, 15) is 13.2 Å². The summed E-state index contributed by atoms with van der Waals surface area (Å²) in [5.74, 6) is 0.148. The first-order valence-corrected chi connectivity index (χ1v) is 12.0. The molecule has 0 aliphatic heterocycles. The third-order valence-electron chi connectivity index (χ3n) is 5.09. The topological polar surface area (TPSA) is 116 Å². The summed E-state index contributed by atoms with van der Waals surface area (Å²) in [5, 5.41) is 13.0. The summed E-state index contributed by atoms with van der Waals surface area (Å²) >= 11 is 6.24. The molecule has 34 heavy (non-hydrogen) atoms. The number of hydrogen-bond donors (Lipinski definition) is 2. The van der Waals surface area contributed by atoms with Crippen molar-refractivity contribution in [3.05, 3.63) is 89.2 Å². The third kappa shape index (κ3) is 4.81. The number of sulfonamides is 1. The summed E-state index contributed by atoms with van der Waals surface area (Å²) < 4.78 is 30.5. The van der Waals surface area contributed by atoms with E-state index in [4.69, 9.17) is 21.5 Å². The molecule has 8 nitrogen and oxygen atoms in total. The Morgan fingerprint density at radius 1 is 1.06 bits per heavy atom. The SMILES string of the molecule is COc1ccc(-n2nc(C)cc2C(=O)Nc2ccc(-c3ccccc3S(N)(=O)=O)cc2)cc1Cl. The zero-order valence-electron chi connectivity index (χ0n) is 18.3. The minimum atomic E-state index is -3.88. The van der Waals surface area contributed by atoms with Crippen molar-refractivity contribution in [3.63, 3.8) is 0 Å². The quantitative estimate of drug-likeness (QED) is 0.410. The number of carbonyl (C=O) groups is 1. The second kappa shape index (κ2) is 9.30. The van der Waals surface area contributed by atoms with Gasteiger partial charge in [-0.1, -0.05) is 41.9 Å². The first-order chi connectivity index (χ1) is 16.2. The second-order valence-electron chi connectivity index (χ2n) is 7.47. The van der Waals surface area contributed by atoms with Gasteiger partial charge < -0.3 is 10.1 Å². The van der Waals surface area contributed by atoms with Crippen LogP contribution < -0.4 is 15.2 Å². The van der Waals surface area contributed by atoms with E-state index >= 15 is 0 Å². The smallest absolute Gasteiger partial charge is 0.274 e. The van der Waals surface area contributed by atoms with Crippen LogP contribution in [0.1, 0.15) is 16.2 Å². The normalized spacial score (nSPS) is 11.3. The van der Waals surface area contributed by atoms with Crippen molar-refractivity contribution in [2.45, 2.75) is 11.8 Å². The van der Waals surface area contributed by atoms with Crippen LogP contribution in [0.25, 0.3) is 16.8 Å². The number of hydrogen-bond acceptors (Lipinski definition) is 5. The van der Waals surface area contributed by atoms with Crippen LogP contribution in [0.4, 0.5) is 5.69 Å². The molecule has 0 saturated heterocycles. The van der Waals surface area contributed by atoms with Crippen molar-refractivity contribution in [1.82, 2.24) is 9.78 Å². The minimum Gasteiger partial charge on any atom is -0.495 e. The molecule has 0 aliphatic carbocycles. The molecule has 0 fully saturated rings. The highest BCUT2D eigenvalue weighted by Crippen LogP contribution is 2.29. The van der Waals surface area contributed by atoms with Crippen molar-refractivity contribution in [3.8, 4) is 22.6 Å². The minimum absolute atomic E-state index is 0.0318. The molecule has 0 aliphatic rings. The van der Waals surface area contributed by atoms with Crippen molar-refractivity contribution in [1.29, 1.82) is 0 Å². The molecule has 0 unspecified atom stereocenters. The highest BCUT2D eigenvalue weighted by atomic mass is 35.5. The Kier molecular flexibility index (Phi) is 6.43. The molecule has 0 saturated carbocycles. The number of nitrogens with one attached hydrogen (secondary N) is 1. The zero-order chi connectivity index (χ0) is 24.5. The van der Waals surface area contributed by atoms with Crippen LogP contribution in [0.3, 0.4) is 0 Å². The van der Waals surface area contributed by atoms with Crippen LogP contribution in [0.5, 0.6) is 5.75 Å². The van der Waals surface area contributed by atoms with Gasteiger partial charge in [-0.25, -0.2) is 18.2 Å². The van der Waals surface area contributed by atoms with Gasteiger partial charge in [-0.2, -0.15) is 5.10 Å². The lowest BCUT2D eigenvalue weighted by Gasteiger charge is -2.11. The first-order valence-electron chi connectivity index (χ1n) is 10.1. The van der Waals surface area contributed by atoms with E-state index in [0.29, 0.717) is 44.7 Å². The van der Waals surface area contributed by atoms with Gasteiger partial charge in [0.2, 0.25) is 10.0 Å². The Morgan fingerprint density at radius 2 is 1.76 bits per heavy atom. The zero-order valence-corrected chi connectivity index (χ0v) is 19.9. The molecule has 4 rings (SSSR count). The number of aromatic nitrogens is 2. The summed E-state index contributed by atoms with van der Waals surface area (Å²) in [6.45, 7) is 1.79. The molecule has 0 spiro atoms. The van der Waals surface area contributed by atoms with Gasteiger partial charge in [0.15, 0.2) is 0 Å². The molecule has 1 heterocycles. The summed E-state index contributed by atoms with van der Waals surface area (Å²) in [6.07, 6.45) is 0. The van der Waals surface area contributed by atoms with Crippen LogP contribution in [0.2, 0.25) is 5.02 Å². The summed E-state index contributed by atoms with van der Waals surface area (Å²) in [4.78, 5) is 13.1. The third-order valence-corrected chi connectivity index (χ3v) is 6.36. The van der Waals surface area contributed by atoms with E-state index in [1.54, 1.807) is 73.7 Å². The standard InChI is InChI=1S/C24H21ClN4O4S/c1-15-13-21(29(28-15)18-11-12-22(33-2)20(25)14-18)24(30)27-17-9-7-16(8-10-17)19-5-3-4-6-23(19)34(26,31)32/h3-14H,1-2H3,(H,27,30)(H2,26,31,32). The highest BCUT2D eigenvalue weighted by Gasteiger charge is 2.18. The van der Waals surface area contributed by atoms with Crippen molar-refractivity contribution in [2.75, 3.05) is 12.4 Å². The monoisotopic (exact) mass is 496 g/mol. The average Bonchev–Trinajstić information content (AvgIpc) is 3.21. The van der Waals surface area contributed by atoms with Crippen LogP contribution in [0, 0.1) is 6.92 Å². The highest BCUT2D eigenvalue weighted by molar-refractivity contribution is 7.89. The number of amides is 1. The van der Waals surface area contributed by atoms with Gasteiger partial charge in [-0.3, -0.25) is 4.79 Å². The Labute approximate surface area is 202 Å². The van der Waals surface area contributed by atoms with E-state index < -0.39 is 10.0 Å². The predicted octanol–water partition coefficient (Wildman–Crippen LogP) is 4.41. The van der Waals surface area contributed by atoms with E-state index in [-0.39, 0.29) is 10.8 Å². The van der Waals surface area contributed by atoms with Crippen molar-refractivity contribution >= 4 is 33.2 Å². The Balaban J connectivity index is 1.60. The molecular formula is C24H21ClN4O4S. The molecule has 0 atom stereocenters. The van der Waals surface area contributed by atoms with E-state index in [0.717, 1.165) is 0 Å². The predicted molar refractivity (Wildman–Crippen MR) is 131 cm³/mol. The van der Waals surface area contributed by atoms with Crippen molar-refractivity contribution in [2.24, 2.45) is 5.14 Å². The number of anilines is 1. The maximum absolute atomic E-state index is 13.0. The summed E-state index contributed by atoms with van der Waals surface area (Å²) in [6, 6.07) is 20.1. The number of methoxy groups -OCH3 is 1. The molecule has 10 heteroatoms. The molecule has 1 aromatic heterocycles. The molecule has 3 aromatic carbocycles. The molecule has 174 valence electrons. The Morgan fingerprint density at radius 3 is 2.41 bits per heavy atom. The van der Waals surface area contributed by atoms with Gasteiger partial charge in [0.25, 0.3) is 5.91 Å². The lowest BCUT2D eigenvalue weighted by Crippen LogP contribution is -2.17. The molecule has 4 aromatic rings.